The molecule has 108 valence electrons. The number of carboxylic acids is 1. The van der Waals surface area contributed by atoms with Gasteiger partial charge in [-0.15, -0.1) is 0 Å². The van der Waals surface area contributed by atoms with Gasteiger partial charge in [0.15, 0.2) is 6.10 Å². The summed E-state index contributed by atoms with van der Waals surface area (Å²) in [5.41, 5.74) is 0.761. The van der Waals surface area contributed by atoms with Crippen LogP contribution in [0.2, 0.25) is 0 Å². The smallest absolute Gasteiger partial charge is 0.335 e. The van der Waals surface area contributed by atoms with Crippen molar-refractivity contribution in [2.75, 3.05) is 13.7 Å². The highest BCUT2D eigenvalue weighted by Gasteiger charge is 2.40. The van der Waals surface area contributed by atoms with Crippen molar-refractivity contribution < 1.29 is 19.4 Å². The molecule has 1 heterocycles. The zero-order valence-corrected chi connectivity index (χ0v) is 11.5. The quantitative estimate of drug-likeness (QED) is 0.914. The Balaban J connectivity index is 2.07. The molecule has 0 radical (unpaired) electrons. The third-order valence-electron chi connectivity index (χ3n) is 3.84. The minimum atomic E-state index is -1.06. The van der Waals surface area contributed by atoms with Crippen molar-refractivity contribution in [1.82, 2.24) is 4.90 Å². The number of rotatable bonds is 2. The Labute approximate surface area is 121 Å². The molecule has 1 fully saturated rings. The molecule has 21 heavy (non-hydrogen) atoms. The number of carbonyl (C=O) groups is 2. The summed E-state index contributed by atoms with van der Waals surface area (Å²) < 4.78 is 5.21. The first-order chi connectivity index (χ1) is 10.1. The summed E-state index contributed by atoms with van der Waals surface area (Å²) in [4.78, 5) is 24.7. The number of carbonyl (C=O) groups excluding carboxylic acids is 1. The average Bonchev–Trinajstić information content (AvgIpc) is 2.49. The largest absolute Gasteiger partial charge is 0.479 e. The zero-order chi connectivity index (χ0) is 15.0. The van der Waals surface area contributed by atoms with Crippen LogP contribution in [0.25, 0.3) is 10.8 Å². The van der Waals surface area contributed by atoms with Crippen LogP contribution in [0.4, 0.5) is 0 Å². The number of ether oxygens (including phenoxy) is 1. The van der Waals surface area contributed by atoms with Crippen LogP contribution in [0.15, 0.2) is 42.5 Å². The summed E-state index contributed by atoms with van der Waals surface area (Å²) in [6.07, 6.45) is -1.05. The van der Waals surface area contributed by atoms with Gasteiger partial charge in [-0.2, -0.15) is 0 Å². The molecule has 0 aromatic heterocycles. The fourth-order valence-corrected chi connectivity index (χ4v) is 2.71. The zero-order valence-electron chi connectivity index (χ0n) is 11.5. The number of carboxylic acid groups (broad SMARTS) is 1. The van der Waals surface area contributed by atoms with Crippen molar-refractivity contribution in [3.63, 3.8) is 0 Å². The van der Waals surface area contributed by atoms with Gasteiger partial charge in [-0.05, 0) is 22.4 Å². The number of amides is 1. The number of fused-ring (bicyclic) bond motifs is 1. The van der Waals surface area contributed by atoms with Gasteiger partial charge in [-0.3, -0.25) is 4.79 Å². The molecule has 1 saturated heterocycles. The summed E-state index contributed by atoms with van der Waals surface area (Å²) >= 11 is 0. The Hall–Kier alpha value is -2.40. The summed E-state index contributed by atoms with van der Waals surface area (Å²) in [5.74, 6) is -1.28. The van der Waals surface area contributed by atoms with Crippen molar-refractivity contribution in [2.45, 2.75) is 12.1 Å². The number of nitrogens with zero attached hydrogens (tertiary/aromatic N) is 1. The first-order valence-corrected chi connectivity index (χ1v) is 6.66. The van der Waals surface area contributed by atoms with E-state index in [-0.39, 0.29) is 12.5 Å². The summed E-state index contributed by atoms with van der Waals surface area (Å²) in [5, 5.41) is 11.4. The molecule has 1 aliphatic heterocycles. The van der Waals surface area contributed by atoms with Crippen LogP contribution in [-0.2, 0) is 14.3 Å². The normalized spacial score (nSPS) is 22.5. The Morgan fingerprint density at radius 1 is 1.24 bits per heavy atom. The molecule has 2 aromatic carbocycles. The van der Waals surface area contributed by atoms with E-state index in [1.54, 1.807) is 7.05 Å². The Morgan fingerprint density at radius 3 is 2.67 bits per heavy atom. The van der Waals surface area contributed by atoms with E-state index in [0.29, 0.717) is 0 Å². The molecule has 2 atom stereocenters. The topological polar surface area (TPSA) is 66.8 Å². The van der Waals surface area contributed by atoms with Crippen molar-refractivity contribution in [2.24, 2.45) is 0 Å². The van der Waals surface area contributed by atoms with E-state index in [4.69, 9.17) is 4.74 Å². The lowest BCUT2D eigenvalue weighted by molar-refractivity contribution is -0.171. The Kier molecular flexibility index (Phi) is 3.35. The molecule has 0 spiro atoms. The first-order valence-electron chi connectivity index (χ1n) is 6.66. The molecular formula is C16H15NO4. The molecule has 1 amide bonds. The molecular weight excluding hydrogens is 270 g/mol. The maximum atomic E-state index is 11.8. The van der Waals surface area contributed by atoms with Gasteiger partial charge in [0.25, 0.3) is 0 Å². The van der Waals surface area contributed by atoms with Gasteiger partial charge in [0, 0.05) is 7.05 Å². The highest BCUT2D eigenvalue weighted by molar-refractivity contribution is 5.85. The number of likely N-dealkylation sites (N-methyl/N-ethyl adjacent to an activating group) is 1. The van der Waals surface area contributed by atoms with Crippen LogP contribution in [0.3, 0.4) is 0 Å². The second-order valence-electron chi connectivity index (χ2n) is 5.13. The molecule has 0 bridgehead atoms. The molecule has 5 heteroatoms. The number of benzene rings is 2. The van der Waals surface area contributed by atoms with E-state index in [1.165, 1.54) is 4.90 Å². The summed E-state index contributed by atoms with van der Waals surface area (Å²) in [6.45, 7) is -0.197. The van der Waals surface area contributed by atoms with Crippen LogP contribution in [0, 0.1) is 0 Å². The first kappa shape index (κ1) is 13.6. The third kappa shape index (κ3) is 2.36. The van der Waals surface area contributed by atoms with Crippen LogP contribution in [0.5, 0.6) is 0 Å². The standard InChI is InChI=1S/C16H15NO4/c1-17-13(18)9-21-15(16(19)20)14(17)12-7-6-10-4-2-3-5-11(10)8-12/h2-8,14-15H,9H2,1H3,(H,19,20). The van der Waals surface area contributed by atoms with E-state index in [1.807, 2.05) is 42.5 Å². The van der Waals surface area contributed by atoms with Crippen molar-refractivity contribution in [1.29, 1.82) is 0 Å². The summed E-state index contributed by atoms with van der Waals surface area (Å²) in [6, 6.07) is 12.9. The molecule has 0 saturated carbocycles. The van der Waals surface area contributed by atoms with Gasteiger partial charge >= 0.3 is 5.97 Å². The average molecular weight is 285 g/mol. The van der Waals surface area contributed by atoms with E-state index in [9.17, 15) is 14.7 Å². The highest BCUT2D eigenvalue weighted by Crippen LogP contribution is 2.31. The fraction of sp³-hybridized carbons (Fsp3) is 0.250. The van der Waals surface area contributed by atoms with Gasteiger partial charge in [0.05, 0.1) is 6.04 Å². The van der Waals surface area contributed by atoms with E-state index in [0.717, 1.165) is 16.3 Å². The van der Waals surface area contributed by atoms with Gasteiger partial charge in [0.1, 0.15) is 6.61 Å². The lowest BCUT2D eigenvalue weighted by atomic mass is 9.96. The van der Waals surface area contributed by atoms with Gasteiger partial charge in [-0.1, -0.05) is 36.4 Å². The molecule has 3 rings (SSSR count). The lowest BCUT2D eigenvalue weighted by Gasteiger charge is -2.37. The number of aliphatic carboxylic acids is 1. The van der Waals surface area contributed by atoms with Gasteiger partial charge in [0.2, 0.25) is 5.91 Å². The minimum absolute atomic E-state index is 0.197. The predicted octanol–water partition coefficient (Wildman–Crippen LogP) is 1.82. The van der Waals surface area contributed by atoms with Crippen LogP contribution >= 0.6 is 0 Å². The fourth-order valence-electron chi connectivity index (χ4n) is 2.71. The van der Waals surface area contributed by atoms with Gasteiger partial charge < -0.3 is 14.7 Å². The van der Waals surface area contributed by atoms with Crippen LogP contribution in [0.1, 0.15) is 11.6 Å². The molecule has 5 nitrogen and oxygen atoms in total. The monoisotopic (exact) mass is 285 g/mol. The Bertz CT molecular complexity index is 712. The SMILES string of the molecule is CN1C(=O)COC(C(=O)O)C1c1ccc2ccccc2c1. The van der Waals surface area contributed by atoms with E-state index >= 15 is 0 Å². The van der Waals surface area contributed by atoms with E-state index < -0.39 is 18.1 Å². The minimum Gasteiger partial charge on any atom is -0.479 e. The molecule has 1 aliphatic rings. The molecule has 2 unspecified atom stereocenters. The summed E-state index contributed by atoms with van der Waals surface area (Å²) in [7, 11) is 1.61. The van der Waals surface area contributed by atoms with Crippen molar-refractivity contribution in [3.05, 3.63) is 48.0 Å². The number of hydrogen-bond acceptors (Lipinski definition) is 3. The second kappa shape index (κ2) is 5.18. The van der Waals surface area contributed by atoms with Crippen LogP contribution in [-0.4, -0.2) is 41.6 Å². The van der Waals surface area contributed by atoms with Crippen molar-refractivity contribution >= 4 is 22.6 Å². The second-order valence-corrected chi connectivity index (χ2v) is 5.13. The van der Waals surface area contributed by atoms with Crippen molar-refractivity contribution in [3.8, 4) is 0 Å². The third-order valence-corrected chi connectivity index (χ3v) is 3.84. The maximum Gasteiger partial charge on any atom is 0.335 e. The number of morpholine rings is 1. The Morgan fingerprint density at radius 2 is 1.95 bits per heavy atom. The predicted molar refractivity (Wildman–Crippen MR) is 76.8 cm³/mol. The molecule has 2 aromatic rings. The van der Waals surface area contributed by atoms with E-state index in [2.05, 4.69) is 0 Å². The molecule has 1 N–H and O–H groups in total. The van der Waals surface area contributed by atoms with Crippen LogP contribution < -0.4 is 0 Å². The lowest BCUT2D eigenvalue weighted by Crippen LogP contribution is -2.50. The molecule has 0 aliphatic carbocycles. The highest BCUT2D eigenvalue weighted by atomic mass is 16.5. The maximum absolute atomic E-state index is 11.8. The van der Waals surface area contributed by atoms with Gasteiger partial charge in [-0.25, -0.2) is 4.79 Å². The number of hydrogen-bond donors (Lipinski definition) is 1.